The highest BCUT2D eigenvalue weighted by atomic mass is 35.5. The second-order valence-electron chi connectivity index (χ2n) is 9.68. The fourth-order valence-corrected chi connectivity index (χ4v) is 4.66. The van der Waals surface area contributed by atoms with Crippen LogP contribution in [0.3, 0.4) is 0 Å². The van der Waals surface area contributed by atoms with Crippen LogP contribution in [-0.2, 0) is 36.9 Å². The van der Waals surface area contributed by atoms with E-state index in [9.17, 15) is 19.5 Å². The number of carboxylic acids is 1. The second-order valence-corrected chi connectivity index (χ2v) is 10.5. The van der Waals surface area contributed by atoms with Crippen molar-refractivity contribution in [3.63, 3.8) is 0 Å². The molecule has 3 N–H and O–H groups in total. The highest BCUT2D eigenvalue weighted by Crippen LogP contribution is 2.27. The summed E-state index contributed by atoms with van der Waals surface area (Å²) in [5.74, 6) is -1.69. The van der Waals surface area contributed by atoms with Crippen LogP contribution in [0.4, 0.5) is 5.69 Å². The number of halogens is 2. The van der Waals surface area contributed by atoms with E-state index in [1.807, 2.05) is 13.8 Å². The van der Waals surface area contributed by atoms with E-state index in [2.05, 4.69) is 10.6 Å². The molecule has 1 fully saturated rings. The van der Waals surface area contributed by atoms with Crippen molar-refractivity contribution in [3.05, 3.63) is 87.9 Å². The number of hydrogen-bond acceptors (Lipinski definition) is 7. The zero-order valence-corrected chi connectivity index (χ0v) is 24.4. The minimum atomic E-state index is -1.35. The van der Waals surface area contributed by atoms with Crippen LogP contribution < -0.4 is 20.1 Å². The fourth-order valence-electron chi connectivity index (χ4n) is 4.15. The van der Waals surface area contributed by atoms with E-state index in [-0.39, 0.29) is 25.9 Å². The van der Waals surface area contributed by atoms with Crippen LogP contribution in [0.25, 0.3) is 0 Å². The van der Waals surface area contributed by atoms with Crippen LogP contribution in [0.1, 0.15) is 25.0 Å². The Morgan fingerprint density at radius 3 is 2.21 bits per heavy atom. The van der Waals surface area contributed by atoms with Gasteiger partial charge in [-0.15, -0.1) is 0 Å². The van der Waals surface area contributed by atoms with E-state index in [0.29, 0.717) is 38.4 Å². The van der Waals surface area contributed by atoms with E-state index >= 15 is 0 Å². The summed E-state index contributed by atoms with van der Waals surface area (Å²) in [6, 6.07) is 17.5. The van der Waals surface area contributed by atoms with E-state index in [4.69, 9.17) is 42.1 Å². The molecule has 0 unspecified atom stereocenters. The Bertz CT molecular complexity index is 1400. The largest absolute Gasteiger partial charge is 0.489 e. The molecule has 42 heavy (non-hydrogen) atoms. The van der Waals surface area contributed by atoms with Crippen molar-refractivity contribution in [1.29, 1.82) is 0 Å². The summed E-state index contributed by atoms with van der Waals surface area (Å²) in [7, 11) is 0. The second kappa shape index (κ2) is 14.4. The lowest BCUT2D eigenvalue weighted by atomic mass is 10.0. The highest BCUT2D eigenvalue weighted by molar-refractivity contribution is 6.35. The number of ether oxygens (including phenoxy) is 4. The summed E-state index contributed by atoms with van der Waals surface area (Å²) in [5.41, 5.74) is 1.68. The van der Waals surface area contributed by atoms with Gasteiger partial charge >= 0.3 is 5.97 Å². The molecule has 0 aromatic heterocycles. The topological polar surface area (TPSA) is 132 Å². The lowest BCUT2D eigenvalue weighted by Gasteiger charge is -2.21. The minimum absolute atomic E-state index is 0.0257. The van der Waals surface area contributed by atoms with Crippen LogP contribution in [0.2, 0.25) is 10.0 Å². The highest BCUT2D eigenvalue weighted by Gasteiger charge is 2.42. The number of nitrogens with one attached hydrogen (secondary N) is 2. The Morgan fingerprint density at radius 2 is 1.57 bits per heavy atom. The maximum absolute atomic E-state index is 13.0. The molecule has 0 radical (unpaired) electrons. The van der Waals surface area contributed by atoms with Crippen molar-refractivity contribution < 1.29 is 38.4 Å². The molecule has 1 aliphatic rings. The molecule has 4 rings (SSSR count). The zero-order valence-electron chi connectivity index (χ0n) is 22.8. The number of hydrogen-bond donors (Lipinski definition) is 3. The smallest absolute Gasteiger partial charge is 0.326 e. The molecule has 3 aromatic rings. The van der Waals surface area contributed by atoms with Crippen LogP contribution in [0.15, 0.2) is 66.7 Å². The Kier molecular flexibility index (Phi) is 10.6. The molecule has 0 aliphatic carbocycles. The number of carbonyl (C=O) groups is 3. The summed E-state index contributed by atoms with van der Waals surface area (Å²) in [6.45, 7) is 3.55. The van der Waals surface area contributed by atoms with Crippen LogP contribution >= 0.6 is 23.2 Å². The van der Waals surface area contributed by atoms with Crippen LogP contribution in [0, 0.1) is 0 Å². The molecule has 1 heterocycles. The molecule has 3 atom stereocenters. The van der Waals surface area contributed by atoms with E-state index < -0.39 is 36.0 Å². The van der Waals surface area contributed by atoms with Crippen LogP contribution in [-0.4, -0.2) is 54.0 Å². The van der Waals surface area contributed by atoms with E-state index in [1.165, 1.54) is 0 Å². The van der Waals surface area contributed by atoms with Gasteiger partial charge in [0.05, 0.1) is 11.8 Å². The van der Waals surface area contributed by atoms with Gasteiger partial charge in [-0.3, -0.25) is 9.59 Å². The number of amides is 2. The first-order valence-corrected chi connectivity index (χ1v) is 13.9. The average Bonchev–Trinajstić information content (AvgIpc) is 3.44. The first kappa shape index (κ1) is 31.1. The number of rotatable bonds is 12. The number of anilines is 1. The van der Waals surface area contributed by atoms with Crippen molar-refractivity contribution in [1.82, 2.24) is 5.32 Å². The Labute approximate surface area is 252 Å². The first-order chi connectivity index (χ1) is 20.1. The number of aliphatic carboxylic acids is 1. The summed E-state index contributed by atoms with van der Waals surface area (Å²) in [5, 5.41) is 15.9. The van der Waals surface area contributed by atoms with Crippen molar-refractivity contribution >= 4 is 46.7 Å². The Balaban J connectivity index is 1.36. The molecule has 0 saturated carbocycles. The molecular formula is C30H30Cl2N2O8. The molecule has 0 spiro atoms. The van der Waals surface area contributed by atoms with Crippen molar-refractivity contribution in [2.75, 3.05) is 12.1 Å². The maximum atomic E-state index is 13.0. The van der Waals surface area contributed by atoms with E-state index in [1.54, 1.807) is 66.7 Å². The first-order valence-electron chi connectivity index (χ1n) is 13.1. The molecule has 12 heteroatoms. The number of benzene rings is 3. The predicted molar refractivity (Wildman–Crippen MR) is 156 cm³/mol. The standard InChI is InChI=1S/C30H30Cl2N2O8/c1-17(2)42-25-9-4-3-8-23(25)33-28(35)26-27(41-16-40-26)29(36)34-24(30(37)38)14-18-10-12-19(13-11-18)39-15-20-21(31)6-5-7-22(20)32/h3-13,17,24,26-27H,14-16H2,1-2H3,(H,33,35)(H,34,36)(H,37,38)/t24-,26+,27+/m0/s1. The van der Waals surface area contributed by atoms with Crippen molar-refractivity contribution in [3.8, 4) is 11.5 Å². The third-order valence-electron chi connectivity index (χ3n) is 6.22. The SMILES string of the molecule is CC(C)Oc1ccccc1NC(=O)[C@@H]1OCO[C@H]1C(=O)N[C@@H](Cc1ccc(OCc2c(Cl)cccc2Cl)cc1)C(=O)O. The molecule has 222 valence electrons. The molecule has 0 bridgehead atoms. The summed E-state index contributed by atoms with van der Waals surface area (Å²) in [6.07, 6.45) is -2.80. The number of carboxylic acid groups (broad SMARTS) is 1. The van der Waals surface area contributed by atoms with Gasteiger partial charge in [-0.05, 0) is 55.8 Å². The van der Waals surface area contributed by atoms with Gasteiger partial charge in [-0.1, -0.05) is 53.5 Å². The molecule has 1 saturated heterocycles. The van der Waals surface area contributed by atoms with Crippen molar-refractivity contribution in [2.24, 2.45) is 0 Å². The third kappa shape index (κ3) is 8.13. The Morgan fingerprint density at radius 1 is 0.929 bits per heavy atom. The average molecular weight is 617 g/mol. The third-order valence-corrected chi connectivity index (χ3v) is 6.93. The number of para-hydroxylation sites is 2. The van der Waals surface area contributed by atoms with Gasteiger partial charge in [0.2, 0.25) is 0 Å². The summed E-state index contributed by atoms with van der Waals surface area (Å²) in [4.78, 5) is 38.0. The zero-order chi connectivity index (χ0) is 30.2. The van der Waals surface area contributed by atoms with E-state index in [0.717, 1.165) is 0 Å². The van der Waals surface area contributed by atoms with Gasteiger partial charge in [-0.2, -0.15) is 0 Å². The number of carbonyl (C=O) groups excluding carboxylic acids is 2. The monoisotopic (exact) mass is 616 g/mol. The normalized spacial score (nSPS) is 17.0. The fraction of sp³-hybridized carbons (Fsp3) is 0.300. The lowest BCUT2D eigenvalue weighted by molar-refractivity contribution is -0.144. The molecule has 2 amide bonds. The Hall–Kier alpha value is -3.83. The van der Waals surface area contributed by atoms with Gasteiger partial charge < -0.3 is 34.7 Å². The lowest BCUT2D eigenvalue weighted by Crippen LogP contribution is -2.51. The van der Waals surface area contributed by atoms with Gasteiger partial charge in [-0.25, -0.2) is 4.79 Å². The maximum Gasteiger partial charge on any atom is 0.326 e. The van der Waals surface area contributed by atoms with Crippen molar-refractivity contribution in [2.45, 2.75) is 51.2 Å². The van der Waals surface area contributed by atoms with Gasteiger partial charge in [0.15, 0.2) is 12.2 Å². The quantitative estimate of drug-likeness (QED) is 0.263. The molecule has 3 aromatic carbocycles. The summed E-state index contributed by atoms with van der Waals surface area (Å²) >= 11 is 12.4. The molecular weight excluding hydrogens is 587 g/mol. The molecule has 10 nitrogen and oxygen atoms in total. The van der Waals surface area contributed by atoms with Crippen LogP contribution in [0.5, 0.6) is 11.5 Å². The minimum Gasteiger partial charge on any atom is -0.489 e. The predicted octanol–water partition coefficient (Wildman–Crippen LogP) is 4.85. The molecule has 1 aliphatic heterocycles. The van der Waals surface area contributed by atoms with Gasteiger partial charge in [0.25, 0.3) is 11.8 Å². The van der Waals surface area contributed by atoms with Gasteiger partial charge in [0, 0.05) is 22.0 Å². The van der Waals surface area contributed by atoms with Gasteiger partial charge in [0.1, 0.15) is 30.9 Å². The summed E-state index contributed by atoms with van der Waals surface area (Å²) < 4.78 is 22.2.